The van der Waals surface area contributed by atoms with Crippen molar-refractivity contribution in [1.82, 2.24) is 10.3 Å². The number of piperidine rings is 1. The Bertz CT molecular complexity index is 526. The molecular formula is C15H20N2O. The van der Waals surface area contributed by atoms with Crippen molar-refractivity contribution in [3.05, 3.63) is 29.7 Å². The van der Waals surface area contributed by atoms with E-state index in [0.29, 0.717) is 6.04 Å². The molecule has 2 aromatic rings. The molecule has 3 rings (SSSR count). The third-order valence-electron chi connectivity index (χ3n) is 3.71. The average molecular weight is 244 g/mol. The second-order valence-electron chi connectivity index (χ2n) is 5.26. The highest BCUT2D eigenvalue weighted by Gasteiger charge is 2.14. The maximum Gasteiger partial charge on any atom is 0.195 e. The SMILES string of the molecule is Cc1ccc2oc(CCC3CCCCN3)nc2c1. The molecular weight excluding hydrogens is 224 g/mol. The van der Waals surface area contributed by atoms with Crippen LogP contribution in [0.3, 0.4) is 0 Å². The summed E-state index contributed by atoms with van der Waals surface area (Å²) in [4.78, 5) is 4.56. The Kier molecular flexibility index (Phi) is 3.33. The molecule has 0 aliphatic carbocycles. The number of nitrogens with zero attached hydrogens (tertiary/aromatic N) is 1. The van der Waals surface area contributed by atoms with Gasteiger partial charge in [0.05, 0.1) is 0 Å². The number of hydrogen-bond acceptors (Lipinski definition) is 3. The molecule has 1 saturated heterocycles. The van der Waals surface area contributed by atoms with E-state index in [2.05, 4.69) is 29.4 Å². The minimum atomic E-state index is 0.649. The number of rotatable bonds is 3. The normalized spacial score (nSPS) is 20.4. The predicted octanol–water partition coefficient (Wildman–Crippen LogP) is 3.21. The quantitative estimate of drug-likeness (QED) is 0.901. The van der Waals surface area contributed by atoms with Gasteiger partial charge in [-0.25, -0.2) is 4.98 Å². The maximum absolute atomic E-state index is 5.78. The number of aromatic nitrogens is 1. The molecule has 0 bridgehead atoms. The lowest BCUT2D eigenvalue weighted by atomic mass is 10.0. The zero-order chi connectivity index (χ0) is 12.4. The third kappa shape index (κ3) is 2.56. The summed E-state index contributed by atoms with van der Waals surface area (Å²) in [5.41, 5.74) is 3.13. The van der Waals surface area contributed by atoms with Gasteiger partial charge in [-0.3, -0.25) is 0 Å². The average Bonchev–Trinajstić information content (AvgIpc) is 2.79. The fourth-order valence-corrected chi connectivity index (χ4v) is 2.66. The van der Waals surface area contributed by atoms with Crippen LogP contribution in [0.5, 0.6) is 0 Å². The van der Waals surface area contributed by atoms with Gasteiger partial charge in [0.2, 0.25) is 0 Å². The zero-order valence-corrected chi connectivity index (χ0v) is 10.9. The largest absolute Gasteiger partial charge is 0.441 e. The van der Waals surface area contributed by atoms with E-state index in [9.17, 15) is 0 Å². The zero-order valence-electron chi connectivity index (χ0n) is 10.9. The van der Waals surface area contributed by atoms with Crippen LogP contribution < -0.4 is 5.32 Å². The van der Waals surface area contributed by atoms with E-state index in [4.69, 9.17) is 4.42 Å². The van der Waals surface area contributed by atoms with Gasteiger partial charge in [-0.1, -0.05) is 12.5 Å². The molecule has 1 unspecified atom stereocenters. The van der Waals surface area contributed by atoms with Crippen LogP contribution in [0.1, 0.15) is 37.1 Å². The third-order valence-corrected chi connectivity index (χ3v) is 3.71. The first-order valence-corrected chi connectivity index (χ1v) is 6.91. The second-order valence-corrected chi connectivity index (χ2v) is 5.26. The van der Waals surface area contributed by atoms with Crippen molar-refractivity contribution >= 4 is 11.1 Å². The second kappa shape index (κ2) is 5.11. The van der Waals surface area contributed by atoms with Crippen LogP contribution in [-0.2, 0) is 6.42 Å². The first-order chi connectivity index (χ1) is 8.81. The smallest absolute Gasteiger partial charge is 0.195 e. The van der Waals surface area contributed by atoms with Crippen molar-refractivity contribution < 1.29 is 4.42 Å². The number of oxazole rings is 1. The first-order valence-electron chi connectivity index (χ1n) is 6.91. The van der Waals surface area contributed by atoms with Gasteiger partial charge in [0.15, 0.2) is 11.5 Å². The van der Waals surface area contributed by atoms with Crippen LogP contribution in [0.25, 0.3) is 11.1 Å². The molecule has 96 valence electrons. The Morgan fingerprint density at radius 3 is 3.17 bits per heavy atom. The van der Waals surface area contributed by atoms with E-state index < -0.39 is 0 Å². The van der Waals surface area contributed by atoms with Crippen LogP contribution in [0.15, 0.2) is 22.6 Å². The topological polar surface area (TPSA) is 38.1 Å². The van der Waals surface area contributed by atoms with Gasteiger partial charge in [-0.15, -0.1) is 0 Å². The van der Waals surface area contributed by atoms with Gasteiger partial charge in [0, 0.05) is 12.5 Å². The van der Waals surface area contributed by atoms with Gasteiger partial charge < -0.3 is 9.73 Å². The summed E-state index contributed by atoms with van der Waals surface area (Å²) in [5.74, 6) is 0.878. The molecule has 1 aromatic carbocycles. The number of nitrogens with one attached hydrogen (secondary N) is 1. The number of hydrogen-bond donors (Lipinski definition) is 1. The molecule has 1 aliphatic heterocycles. The van der Waals surface area contributed by atoms with Crippen molar-refractivity contribution in [2.24, 2.45) is 0 Å². The summed E-state index contributed by atoms with van der Waals surface area (Å²) in [7, 11) is 0. The first kappa shape index (κ1) is 11.7. The minimum absolute atomic E-state index is 0.649. The highest BCUT2D eigenvalue weighted by atomic mass is 16.3. The van der Waals surface area contributed by atoms with Crippen molar-refractivity contribution in [3.8, 4) is 0 Å². The van der Waals surface area contributed by atoms with Crippen LogP contribution in [0, 0.1) is 6.92 Å². The molecule has 0 amide bonds. The van der Waals surface area contributed by atoms with E-state index in [1.165, 1.54) is 24.8 Å². The van der Waals surface area contributed by atoms with Gasteiger partial charge in [0.1, 0.15) is 5.52 Å². The number of benzene rings is 1. The predicted molar refractivity (Wildman–Crippen MR) is 72.7 cm³/mol. The lowest BCUT2D eigenvalue weighted by Gasteiger charge is -2.22. The van der Waals surface area contributed by atoms with Gasteiger partial charge in [-0.2, -0.15) is 0 Å². The number of aryl methyl sites for hydroxylation is 2. The Labute approximate surface area is 108 Å². The molecule has 3 nitrogen and oxygen atoms in total. The van der Waals surface area contributed by atoms with E-state index >= 15 is 0 Å². The molecule has 0 spiro atoms. The van der Waals surface area contributed by atoms with E-state index in [0.717, 1.165) is 36.4 Å². The molecule has 0 radical (unpaired) electrons. The lowest BCUT2D eigenvalue weighted by Crippen LogP contribution is -2.34. The van der Waals surface area contributed by atoms with Gasteiger partial charge in [-0.05, 0) is 50.4 Å². The Hall–Kier alpha value is -1.35. The van der Waals surface area contributed by atoms with Gasteiger partial charge >= 0.3 is 0 Å². The fourth-order valence-electron chi connectivity index (χ4n) is 2.66. The standard InChI is InChI=1S/C15H20N2O/c1-11-5-7-14-13(10-11)17-15(18-14)8-6-12-4-2-3-9-16-12/h5,7,10,12,16H,2-4,6,8-9H2,1H3. The van der Waals surface area contributed by atoms with Crippen molar-refractivity contribution in [3.63, 3.8) is 0 Å². The summed E-state index contributed by atoms with van der Waals surface area (Å²) < 4.78 is 5.78. The molecule has 1 fully saturated rings. The summed E-state index contributed by atoms with van der Waals surface area (Å²) in [6, 6.07) is 6.82. The van der Waals surface area contributed by atoms with E-state index in [1.54, 1.807) is 0 Å². The number of fused-ring (bicyclic) bond motifs is 1. The monoisotopic (exact) mass is 244 g/mol. The fraction of sp³-hybridized carbons (Fsp3) is 0.533. The molecule has 2 heterocycles. The summed E-state index contributed by atoms with van der Waals surface area (Å²) in [5, 5.41) is 3.56. The lowest BCUT2D eigenvalue weighted by molar-refractivity contribution is 0.371. The van der Waals surface area contributed by atoms with Crippen molar-refractivity contribution in [2.45, 2.75) is 45.1 Å². The molecule has 0 saturated carbocycles. The molecule has 1 atom stereocenters. The van der Waals surface area contributed by atoms with Crippen LogP contribution >= 0.6 is 0 Å². The summed E-state index contributed by atoms with van der Waals surface area (Å²) >= 11 is 0. The Balaban J connectivity index is 1.67. The molecule has 1 aromatic heterocycles. The Morgan fingerprint density at radius 1 is 1.39 bits per heavy atom. The van der Waals surface area contributed by atoms with Crippen LogP contribution in [0.4, 0.5) is 0 Å². The van der Waals surface area contributed by atoms with E-state index in [-0.39, 0.29) is 0 Å². The van der Waals surface area contributed by atoms with Crippen molar-refractivity contribution in [1.29, 1.82) is 0 Å². The molecule has 1 aliphatic rings. The van der Waals surface area contributed by atoms with Gasteiger partial charge in [0.25, 0.3) is 0 Å². The van der Waals surface area contributed by atoms with E-state index in [1.807, 2.05) is 6.07 Å². The molecule has 3 heteroatoms. The highest BCUT2D eigenvalue weighted by Crippen LogP contribution is 2.19. The minimum Gasteiger partial charge on any atom is -0.441 e. The Morgan fingerprint density at radius 2 is 2.33 bits per heavy atom. The molecule has 18 heavy (non-hydrogen) atoms. The van der Waals surface area contributed by atoms with Crippen molar-refractivity contribution in [2.75, 3.05) is 6.54 Å². The summed E-state index contributed by atoms with van der Waals surface area (Å²) in [6.45, 7) is 3.25. The molecule has 1 N–H and O–H groups in total. The van der Waals surface area contributed by atoms with Crippen LogP contribution in [-0.4, -0.2) is 17.6 Å². The van der Waals surface area contributed by atoms with Crippen LogP contribution in [0.2, 0.25) is 0 Å². The summed E-state index contributed by atoms with van der Waals surface area (Å²) in [6.07, 6.45) is 6.03. The highest BCUT2D eigenvalue weighted by molar-refractivity contribution is 5.73. The maximum atomic E-state index is 5.78.